The van der Waals surface area contributed by atoms with Crippen LogP contribution in [0, 0.1) is 0 Å². The molecule has 1 aliphatic carbocycles. The number of fused-ring (bicyclic) bond motifs is 3. The second-order valence-corrected chi connectivity index (χ2v) is 7.69. The maximum atomic E-state index is 12.0. The van der Waals surface area contributed by atoms with E-state index in [9.17, 15) is 4.79 Å². The summed E-state index contributed by atoms with van der Waals surface area (Å²) in [7, 11) is 0. The lowest BCUT2D eigenvalue weighted by Crippen LogP contribution is -2.01. The molecule has 0 saturated heterocycles. The fourth-order valence-electron chi connectivity index (χ4n) is 3.77. The zero-order chi connectivity index (χ0) is 17.5. The summed E-state index contributed by atoms with van der Waals surface area (Å²) in [4.78, 5) is 17.6. The predicted octanol–water partition coefficient (Wildman–Crippen LogP) is 5.12. The lowest BCUT2D eigenvalue weighted by molar-refractivity contribution is 0.559. The standard InChI is InChI=1S/C22H17NO2S/c24-22-12-16(18-10-14-4-3-5-15(14)11-20(18)25-22)13-26-21-8-9-23-19-7-2-1-6-17(19)21/h1-2,6-12H,3-5,13H2. The van der Waals surface area contributed by atoms with Gasteiger partial charge in [0.15, 0.2) is 0 Å². The zero-order valence-corrected chi connectivity index (χ0v) is 15.0. The summed E-state index contributed by atoms with van der Waals surface area (Å²) < 4.78 is 5.48. The van der Waals surface area contributed by atoms with E-state index in [0.717, 1.165) is 40.4 Å². The molecule has 26 heavy (non-hydrogen) atoms. The van der Waals surface area contributed by atoms with E-state index in [2.05, 4.69) is 23.2 Å². The summed E-state index contributed by atoms with van der Waals surface area (Å²) in [6, 6.07) is 16.1. The highest BCUT2D eigenvalue weighted by atomic mass is 32.2. The second-order valence-electron chi connectivity index (χ2n) is 6.68. The van der Waals surface area contributed by atoms with Crippen LogP contribution in [0.4, 0.5) is 0 Å². The van der Waals surface area contributed by atoms with Crippen molar-refractivity contribution < 1.29 is 4.42 Å². The Morgan fingerprint density at radius 1 is 1.00 bits per heavy atom. The van der Waals surface area contributed by atoms with Crippen LogP contribution < -0.4 is 5.63 Å². The molecule has 0 spiro atoms. The Labute approximate surface area is 155 Å². The third kappa shape index (κ3) is 2.71. The van der Waals surface area contributed by atoms with Gasteiger partial charge in [-0.1, -0.05) is 18.2 Å². The Bertz CT molecular complexity index is 1190. The SMILES string of the molecule is O=c1cc(CSc2ccnc3ccccc23)c2cc3c(cc2o1)CCC3. The van der Waals surface area contributed by atoms with Crippen molar-refractivity contribution in [1.29, 1.82) is 0 Å². The van der Waals surface area contributed by atoms with E-state index in [0.29, 0.717) is 5.58 Å². The van der Waals surface area contributed by atoms with Gasteiger partial charge < -0.3 is 4.42 Å². The van der Waals surface area contributed by atoms with E-state index in [1.165, 1.54) is 22.4 Å². The van der Waals surface area contributed by atoms with Crippen molar-refractivity contribution in [3.63, 3.8) is 0 Å². The highest BCUT2D eigenvalue weighted by Gasteiger charge is 2.15. The van der Waals surface area contributed by atoms with Gasteiger partial charge in [0.05, 0.1) is 5.52 Å². The molecule has 4 heteroatoms. The Balaban J connectivity index is 1.56. The third-order valence-corrected chi connectivity index (χ3v) is 6.16. The topological polar surface area (TPSA) is 43.1 Å². The van der Waals surface area contributed by atoms with E-state index in [1.54, 1.807) is 17.8 Å². The van der Waals surface area contributed by atoms with Gasteiger partial charge in [-0.2, -0.15) is 0 Å². The fourth-order valence-corrected chi connectivity index (χ4v) is 4.80. The van der Waals surface area contributed by atoms with Gasteiger partial charge >= 0.3 is 5.63 Å². The Morgan fingerprint density at radius 3 is 2.77 bits per heavy atom. The van der Waals surface area contributed by atoms with Gasteiger partial charge in [0.1, 0.15) is 5.58 Å². The van der Waals surface area contributed by atoms with Gasteiger partial charge in [0.25, 0.3) is 0 Å². The van der Waals surface area contributed by atoms with Crippen molar-refractivity contribution in [2.75, 3.05) is 0 Å². The average molecular weight is 359 g/mol. The first kappa shape index (κ1) is 15.6. The fraction of sp³-hybridized carbons (Fsp3) is 0.182. The number of rotatable bonds is 3. The van der Waals surface area contributed by atoms with Gasteiger partial charge in [-0.3, -0.25) is 4.98 Å². The van der Waals surface area contributed by atoms with Crippen LogP contribution in [0.2, 0.25) is 0 Å². The number of aromatic nitrogens is 1. The van der Waals surface area contributed by atoms with Crippen LogP contribution in [0.1, 0.15) is 23.1 Å². The molecule has 0 fully saturated rings. The van der Waals surface area contributed by atoms with Crippen LogP contribution >= 0.6 is 11.8 Å². The first-order valence-electron chi connectivity index (χ1n) is 8.83. The first-order chi connectivity index (χ1) is 12.8. The second kappa shape index (κ2) is 6.29. The minimum Gasteiger partial charge on any atom is -0.423 e. The number of benzene rings is 2. The normalized spacial score (nSPS) is 13.4. The van der Waals surface area contributed by atoms with Gasteiger partial charge in [-0.25, -0.2) is 4.79 Å². The van der Waals surface area contributed by atoms with Gasteiger partial charge in [-0.15, -0.1) is 11.8 Å². The van der Waals surface area contributed by atoms with Crippen molar-refractivity contribution in [2.24, 2.45) is 0 Å². The number of hydrogen-bond donors (Lipinski definition) is 0. The smallest absolute Gasteiger partial charge is 0.336 e. The summed E-state index contributed by atoms with van der Waals surface area (Å²) in [5.74, 6) is 0.731. The monoisotopic (exact) mass is 359 g/mol. The molecular weight excluding hydrogens is 342 g/mol. The van der Waals surface area contributed by atoms with Crippen molar-refractivity contribution in [1.82, 2.24) is 4.98 Å². The molecule has 128 valence electrons. The highest BCUT2D eigenvalue weighted by Crippen LogP contribution is 2.33. The number of thioether (sulfide) groups is 1. The van der Waals surface area contributed by atoms with E-state index >= 15 is 0 Å². The minimum atomic E-state index is -0.273. The number of para-hydroxylation sites is 1. The van der Waals surface area contributed by atoms with Crippen molar-refractivity contribution >= 4 is 33.6 Å². The molecule has 0 atom stereocenters. The third-order valence-electron chi connectivity index (χ3n) is 5.03. The molecule has 3 nitrogen and oxygen atoms in total. The van der Waals surface area contributed by atoms with Crippen LogP contribution in [-0.2, 0) is 18.6 Å². The molecule has 0 aliphatic heterocycles. The molecule has 2 aromatic heterocycles. The molecule has 0 amide bonds. The van der Waals surface area contributed by atoms with Gasteiger partial charge in [-0.05, 0) is 60.2 Å². The molecule has 0 saturated carbocycles. The molecular formula is C22H17NO2S. The Hall–Kier alpha value is -2.59. The average Bonchev–Trinajstić information content (AvgIpc) is 3.11. The van der Waals surface area contributed by atoms with Gasteiger partial charge in [0.2, 0.25) is 0 Å². The largest absolute Gasteiger partial charge is 0.423 e. The lowest BCUT2D eigenvalue weighted by Gasteiger charge is -2.09. The number of nitrogens with zero attached hydrogens (tertiary/aromatic N) is 1. The summed E-state index contributed by atoms with van der Waals surface area (Å²) >= 11 is 1.74. The lowest BCUT2D eigenvalue weighted by atomic mass is 10.0. The summed E-state index contributed by atoms with van der Waals surface area (Å²) in [6.07, 6.45) is 5.22. The minimum absolute atomic E-state index is 0.273. The first-order valence-corrected chi connectivity index (χ1v) is 9.81. The van der Waals surface area contributed by atoms with E-state index < -0.39 is 0 Å². The molecule has 1 aliphatic rings. The number of hydrogen-bond acceptors (Lipinski definition) is 4. The summed E-state index contributed by atoms with van der Waals surface area (Å²) in [5, 5.41) is 2.21. The van der Waals surface area contributed by atoms with Crippen LogP contribution in [0.5, 0.6) is 0 Å². The van der Waals surface area contributed by atoms with E-state index in [-0.39, 0.29) is 5.63 Å². The van der Waals surface area contributed by atoms with Crippen molar-refractivity contribution in [3.8, 4) is 0 Å². The maximum absolute atomic E-state index is 12.0. The molecule has 0 N–H and O–H groups in total. The van der Waals surface area contributed by atoms with Crippen LogP contribution in [0.25, 0.3) is 21.9 Å². The zero-order valence-electron chi connectivity index (χ0n) is 14.2. The molecule has 2 aromatic carbocycles. The molecule has 0 radical (unpaired) electrons. The van der Waals surface area contributed by atoms with Crippen LogP contribution in [-0.4, -0.2) is 4.98 Å². The quantitative estimate of drug-likeness (QED) is 0.376. The van der Waals surface area contributed by atoms with E-state index in [1.807, 2.05) is 30.5 Å². The number of aryl methyl sites for hydroxylation is 2. The summed E-state index contributed by atoms with van der Waals surface area (Å²) in [5.41, 5.74) is 5.20. The molecule has 5 rings (SSSR count). The molecule has 2 heterocycles. The molecule has 0 bridgehead atoms. The van der Waals surface area contributed by atoms with Crippen LogP contribution in [0.3, 0.4) is 0 Å². The number of pyridine rings is 1. The predicted molar refractivity (Wildman–Crippen MR) is 106 cm³/mol. The molecule has 0 unspecified atom stereocenters. The van der Waals surface area contributed by atoms with E-state index in [4.69, 9.17) is 4.42 Å². The summed E-state index contributed by atoms with van der Waals surface area (Å²) in [6.45, 7) is 0. The highest BCUT2D eigenvalue weighted by molar-refractivity contribution is 7.98. The van der Waals surface area contributed by atoms with Crippen molar-refractivity contribution in [2.45, 2.75) is 29.9 Å². The van der Waals surface area contributed by atoms with Crippen molar-refractivity contribution in [3.05, 3.63) is 81.8 Å². The molecule has 4 aromatic rings. The maximum Gasteiger partial charge on any atom is 0.336 e. The van der Waals surface area contributed by atoms with Crippen LogP contribution in [0.15, 0.2) is 68.8 Å². The van der Waals surface area contributed by atoms with Gasteiger partial charge in [0, 0.05) is 33.7 Å². The Morgan fingerprint density at radius 2 is 1.85 bits per heavy atom. The Kier molecular flexibility index (Phi) is 3.79.